The van der Waals surface area contributed by atoms with Crippen molar-refractivity contribution < 1.29 is 41.4 Å². The maximum absolute atomic E-state index is 14.5. The molecule has 0 bridgehead atoms. The normalized spacial score (nSPS) is 30.2. The fraction of sp³-hybridized carbons (Fsp3) is 0.792. The topological polar surface area (TPSA) is 83.0 Å². The van der Waals surface area contributed by atoms with Crippen molar-refractivity contribution in [3.05, 3.63) is 16.1 Å². The van der Waals surface area contributed by atoms with Gasteiger partial charge in [0, 0.05) is 43.6 Å². The summed E-state index contributed by atoms with van der Waals surface area (Å²) in [4.78, 5) is 31.9. The maximum Gasteiger partial charge on any atom is 0.408 e. The number of piperidine rings is 2. The monoisotopic (exact) mass is 551 g/mol. The van der Waals surface area contributed by atoms with Crippen molar-refractivity contribution in [3.63, 3.8) is 0 Å². The van der Waals surface area contributed by atoms with E-state index in [2.05, 4.69) is 4.98 Å². The molecule has 4 aliphatic rings. The van der Waals surface area contributed by atoms with Gasteiger partial charge in [-0.1, -0.05) is 0 Å². The third-order valence-corrected chi connectivity index (χ3v) is 9.81. The second-order valence-electron chi connectivity index (χ2n) is 10.9. The molecule has 1 aliphatic carbocycles. The zero-order valence-corrected chi connectivity index (χ0v) is 21.1. The first-order valence-corrected chi connectivity index (χ1v) is 13.6. The van der Waals surface area contributed by atoms with Gasteiger partial charge in [0.1, 0.15) is 16.5 Å². The third kappa shape index (κ3) is 4.81. The van der Waals surface area contributed by atoms with E-state index in [9.17, 15) is 36.6 Å². The van der Waals surface area contributed by atoms with E-state index in [1.165, 1.54) is 4.90 Å². The Bertz CT molecular complexity index is 1030. The number of carboxylic acid groups (broad SMARTS) is 1. The molecule has 0 unspecified atom stereocenters. The number of hydrogen-bond donors (Lipinski definition) is 1. The molecule has 1 saturated carbocycles. The van der Waals surface area contributed by atoms with Crippen LogP contribution in [0.25, 0.3) is 0 Å². The summed E-state index contributed by atoms with van der Waals surface area (Å²) < 4.78 is 76.1. The van der Waals surface area contributed by atoms with Crippen LogP contribution in [0.1, 0.15) is 74.4 Å². The van der Waals surface area contributed by atoms with Gasteiger partial charge in [0.25, 0.3) is 0 Å². The summed E-state index contributed by atoms with van der Waals surface area (Å²) in [6.45, 7) is 0.278. The first kappa shape index (κ1) is 26.6. The Morgan fingerprint density at radius 1 is 1.05 bits per heavy atom. The van der Waals surface area contributed by atoms with Crippen LogP contribution < -0.4 is 0 Å². The Labute approximate surface area is 215 Å². The minimum atomic E-state index is -4.61. The van der Waals surface area contributed by atoms with Crippen molar-refractivity contribution in [2.75, 3.05) is 26.2 Å². The Balaban J connectivity index is 1.29. The molecule has 7 nitrogen and oxygen atoms in total. The Morgan fingerprint density at radius 2 is 1.70 bits per heavy atom. The van der Waals surface area contributed by atoms with Gasteiger partial charge in [0.15, 0.2) is 0 Å². The number of carbonyl (C=O) groups excluding carboxylic acids is 1. The molecular weight excluding hydrogens is 521 g/mol. The molecule has 1 aromatic heterocycles. The van der Waals surface area contributed by atoms with Crippen LogP contribution in [0.5, 0.6) is 0 Å². The highest BCUT2D eigenvalue weighted by molar-refractivity contribution is 7.09. The van der Waals surface area contributed by atoms with Gasteiger partial charge in [0.05, 0.1) is 24.4 Å². The second-order valence-corrected chi connectivity index (χ2v) is 11.7. The molecule has 37 heavy (non-hydrogen) atoms. The Hall–Kier alpha value is -2.02. The van der Waals surface area contributed by atoms with Crippen LogP contribution in [0, 0.1) is 0 Å². The minimum Gasteiger partial charge on any atom is -0.465 e. The van der Waals surface area contributed by atoms with E-state index in [1.807, 2.05) is 0 Å². The van der Waals surface area contributed by atoms with Crippen LogP contribution >= 0.6 is 11.3 Å². The number of likely N-dealkylation sites (tertiary alicyclic amines) is 2. The zero-order chi connectivity index (χ0) is 26.6. The van der Waals surface area contributed by atoms with E-state index in [1.54, 1.807) is 5.38 Å². The lowest BCUT2D eigenvalue weighted by molar-refractivity contribution is -0.205. The van der Waals surface area contributed by atoms with Crippen molar-refractivity contribution in [2.45, 2.75) is 92.9 Å². The standard InChI is InChI=1S/C24H30F5N3O4S/c25-23(26)5-1-15(2-6-23)16-13-37-19(30-16)22(24(27,28)29)7-10-31(11-8-22)18(33)17-3-4-21(9-12-36-21)14-32(17)20(34)35/h13,15,17H,1-12,14H2,(H,34,35)/t17-,21+/m0/s1. The molecule has 2 amide bonds. The zero-order valence-electron chi connectivity index (χ0n) is 20.2. The molecular formula is C24H30F5N3O4S. The minimum absolute atomic E-state index is 0.0774. The number of nitrogens with zero attached hydrogens (tertiary/aromatic N) is 3. The van der Waals surface area contributed by atoms with Gasteiger partial charge in [-0.2, -0.15) is 13.2 Å². The van der Waals surface area contributed by atoms with Gasteiger partial charge in [-0.15, -0.1) is 11.3 Å². The fourth-order valence-corrected chi connectivity index (χ4v) is 7.37. The highest BCUT2D eigenvalue weighted by Crippen LogP contribution is 2.51. The number of aromatic nitrogens is 1. The molecule has 4 fully saturated rings. The lowest BCUT2D eigenvalue weighted by Gasteiger charge is -2.51. The number of alkyl halides is 5. The van der Waals surface area contributed by atoms with Gasteiger partial charge in [0.2, 0.25) is 11.8 Å². The SMILES string of the molecule is O=C([C@@H]1CC[C@@]2(CCO2)CN1C(=O)O)N1CCC(c2nc(C3CCC(F)(F)CC3)cs2)(C(F)(F)F)CC1. The number of rotatable bonds is 3. The lowest BCUT2D eigenvalue weighted by Crippen LogP contribution is -2.64. The number of halogens is 5. The average molecular weight is 552 g/mol. The first-order chi connectivity index (χ1) is 17.3. The van der Waals surface area contributed by atoms with Gasteiger partial charge in [-0.05, 0) is 38.5 Å². The predicted molar refractivity (Wildman–Crippen MR) is 123 cm³/mol. The van der Waals surface area contributed by atoms with Crippen molar-refractivity contribution in [1.82, 2.24) is 14.8 Å². The number of amides is 2. The highest BCUT2D eigenvalue weighted by atomic mass is 32.1. The summed E-state index contributed by atoms with van der Waals surface area (Å²) in [5, 5.41) is 11.2. The molecule has 3 aliphatic heterocycles. The molecule has 0 aromatic carbocycles. The molecule has 2 atom stereocenters. The van der Waals surface area contributed by atoms with Crippen molar-refractivity contribution in [1.29, 1.82) is 0 Å². The van der Waals surface area contributed by atoms with Crippen molar-refractivity contribution in [3.8, 4) is 0 Å². The molecule has 4 heterocycles. The van der Waals surface area contributed by atoms with E-state index < -0.39 is 41.2 Å². The quantitative estimate of drug-likeness (QED) is 0.525. The van der Waals surface area contributed by atoms with Crippen LogP contribution in [0.4, 0.5) is 26.7 Å². The summed E-state index contributed by atoms with van der Waals surface area (Å²) in [6, 6.07) is -0.943. The molecule has 206 valence electrons. The smallest absolute Gasteiger partial charge is 0.408 e. The van der Waals surface area contributed by atoms with Crippen molar-refractivity contribution >= 4 is 23.3 Å². The van der Waals surface area contributed by atoms with Crippen LogP contribution in [0.3, 0.4) is 0 Å². The number of carbonyl (C=O) groups is 2. The van der Waals surface area contributed by atoms with Gasteiger partial charge in [-0.25, -0.2) is 18.6 Å². The van der Waals surface area contributed by atoms with Crippen LogP contribution in [-0.2, 0) is 14.9 Å². The molecule has 13 heteroatoms. The Morgan fingerprint density at radius 3 is 2.24 bits per heavy atom. The van der Waals surface area contributed by atoms with Crippen LogP contribution in [0.2, 0.25) is 0 Å². The molecule has 5 rings (SSSR count). The third-order valence-electron chi connectivity index (χ3n) is 8.74. The van der Waals surface area contributed by atoms with Gasteiger partial charge < -0.3 is 14.7 Å². The largest absolute Gasteiger partial charge is 0.465 e. The fourth-order valence-electron chi connectivity index (χ4n) is 6.19. The summed E-state index contributed by atoms with van der Waals surface area (Å²) in [6.07, 6.45) is -5.33. The van der Waals surface area contributed by atoms with E-state index in [4.69, 9.17) is 4.74 Å². The second kappa shape index (κ2) is 9.32. The molecule has 1 aromatic rings. The van der Waals surface area contributed by atoms with Gasteiger partial charge >= 0.3 is 12.3 Å². The highest BCUT2D eigenvalue weighted by Gasteiger charge is 2.59. The molecule has 1 N–H and O–H groups in total. The number of hydrogen-bond acceptors (Lipinski definition) is 5. The van der Waals surface area contributed by atoms with Gasteiger partial charge in [-0.3, -0.25) is 9.69 Å². The van der Waals surface area contributed by atoms with Crippen LogP contribution in [0.15, 0.2) is 5.38 Å². The summed E-state index contributed by atoms with van der Waals surface area (Å²) >= 11 is 0.904. The first-order valence-electron chi connectivity index (χ1n) is 12.7. The molecule has 3 saturated heterocycles. The predicted octanol–water partition coefficient (Wildman–Crippen LogP) is 5.16. The number of thiazole rings is 1. The van der Waals surface area contributed by atoms with E-state index in [0.717, 1.165) is 16.2 Å². The van der Waals surface area contributed by atoms with E-state index in [-0.39, 0.29) is 75.5 Å². The lowest BCUT2D eigenvalue weighted by atomic mass is 9.77. The summed E-state index contributed by atoms with van der Waals surface area (Å²) in [5.41, 5.74) is -2.35. The Kier molecular flexibility index (Phi) is 6.69. The van der Waals surface area contributed by atoms with E-state index in [0.29, 0.717) is 25.1 Å². The summed E-state index contributed by atoms with van der Waals surface area (Å²) in [5.74, 6) is -3.50. The molecule has 1 spiro atoms. The average Bonchev–Trinajstić information content (AvgIpc) is 3.32. The maximum atomic E-state index is 14.5. The molecule has 0 radical (unpaired) electrons. The van der Waals surface area contributed by atoms with Crippen LogP contribution in [-0.4, -0.2) is 81.9 Å². The summed E-state index contributed by atoms with van der Waals surface area (Å²) in [7, 11) is 0. The van der Waals surface area contributed by atoms with E-state index >= 15 is 0 Å². The van der Waals surface area contributed by atoms with Crippen molar-refractivity contribution in [2.24, 2.45) is 0 Å². The number of ether oxygens (including phenoxy) is 1.